The van der Waals surface area contributed by atoms with E-state index in [4.69, 9.17) is 14.2 Å². The van der Waals surface area contributed by atoms with Crippen LogP contribution in [0.3, 0.4) is 0 Å². The van der Waals surface area contributed by atoms with Crippen molar-refractivity contribution in [1.82, 2.24) is 0 Å². The third kappa shape index (κ3) is 12.4. The van der Waals surface area contributed by atoms with Gasteiger partial charge < -0.3 is 14.2 Å². The number of hydrogen-bond acceptors (Lipinski definition) is 7. The lowest BCUT2D eigenvalue weighted by atomic mass is 9.98. The van der Waals surface area contributed by atoms with Crippen LogP contribution in [-0.4, -0.2) is 36.9 Å². The Morgan fingerprint density at radius 1 is 0.644 bits per heavy atom. The topological polar surface area (TPSA) is 96.0 Å². The first-order valence-electron chi connectivity index (χ1n) is 15.4. The lowest BCUT2D eigenvalue weighted by Crippen LogP contribution is -2.09. The number of carbonyl (C=O) groups is 4. The maximum absolute atomic E-state index is 13.0. The fourth-order valence-electron chi connectivity index (χ4n) is 4.72. The minimum atomic E-state index is -0.440. The molecule has 0 heterocycles. The molecule has 0 atom stereocenters. The summed E-state index contributed by atoms with van der Waals surface area (Å²) in [4.78, 5) is 47.8. The fourth-order valence-corrected chi connectivity index (χ4v) is 4.72. The smallest absolute Gasteiger partial charge is 0.343 e. The minimum Gasteiger partial charge on any atom is -0.463 e. The number of unbranched alkanes of at least 4 members (excludes halogenated alkanes) is 4. The van der Waals surface area contributed by atoms with Crippen molar-refractivity contribution in [1.29, 1.82) is 0 Å². The molecule has 0 amide bonds. The Bertz CT molecular complexity index is 1450. The molecule has 0 aromatic heterocycles. The van der Waals surface area contributed by atoms with Gasteiger partial charge in [-0.1, -0.05) is 55.6 Å². The van der Waals surface area contributed by atoms with E-state index in [-0.39, 0.29) is 12.2 Å². The van der Waals surface area contributed by atoms with Gasteiger partial charge in [-0.05, 0) is 105 Å². The van der Waals surface area contributed by atoms with E-state index < -0.39 is 17.9 Å². The Balaban J connectivity index is 1.41. The zero-order valence-corrected chi connectivity index (χ0v) is 26.1. The van der Waals surface area contributed by atoms with Crippen molar-refractivity contribution in [2.75, 3.05) is 13.2 Å². The molecule has 3 aromatic rings. The Morgan fingerprint density at radius 3 is 1.64 bits per heavy atom. The van der Waals surface area contributed by atoms with Crippen LogP contribution in [-0.2, 0) is 38.3 Å². The first kappa shape index (κ1) is 34.7. The van der Waals surface area contributed by atoms with Gasteiger partial charge in [0.25, 0.3) is 0 Å². The highest BCUT2D eigenvalue weighted by Crippen LogP contribution is 2.21. The molecule has 7 nitrogen and oxygen atoms in total. The summed E-state index contributed by atoms with van der Waals surface area (Å²) < 4.78 is 15.6. The molecule has 0 unspecified atom stereocenters. The molecule has 3 rings (SSSR count). The number of hydrogen-bond donors (Lipinski definition) is 0. The lowest BCUT2D eigenvalue weighted by Gasteiger charge is -2.10. The average Bonchev–Trinajstić information content (AvgIpc) is 3.05. The quantitative estimate of drug-likeness (QED) is 0.0455. The Labute approximate surface area is 265 Å². The van der Waals surface area contributed by atoms with Crippen LogP contribution < -0.4 is 4.74 Å². The van der Waals surface area contributed by atoms with E-state index >= 15 is 0 Å². The monoisotopic (exact) mass is 610 g/mol. The maximum atomic E-state index is 13.0. The van der Waals surface area contributed by atoms with Crippen LogP contribution in [0.1, 0.15) is 81.5 Å². The summed E-state index contributed by atoms with van der Waals surface area (Å²) in [5, 5.41) is 0. The largest absolute Gasteiger partial charge is 0.463 e. The van der Waals surface area contributed by atoms with E-state index in [1.807, 2.05) is 49.4 Å². The van der Waals surface area contributed by atoms with Crippen LogP contribution in [0.4, 0.5) is 0 Å². The van der Waals surface area contributed by atoms with Crippen LogP contribution in [0.5, 0.6) is 5.75 Å². The molecule has 0 aliphatic rings. The molecular formula is C38H42O7. The second-order valence-corrected chi connectivity index (χ2v) is 10.8. The SMILES string of the molecule is C=CC(=O)OCCCCCc1ccc(C(=O)Cc2ccc(OC(=O)c3ccc(CCCCCOC(=O)C=C)cc3)cc2C)cc1. The zero-order valence-electron chi connectivity index (χ0n) is 26.1. The van der Waals surface area contributed by atoms with E-state index in [1.54, 1.807) is 24.3 Å². The number of Topliss-reactive ketones (excluding diaryl/α,β-unsaturated/α-hetero) is 1. The van der Waals surface area contributed by atoms with Gasteiger partial charge in [0.05, 0.1) is 18.8 Å². The minimum absolute atomic E-state index is 0.0228. The van der Waals surface area contributed by atoms with Gasteiger partial charge in [0.2, 0.25) is 0 Å². The Hall–Kier alpha value is -4.78. The predicted octanol–water partition coefficient (Wildman–Crippen LogP) is 7.52. The molecular weight excluding hydrogens is 568 g/mol. The van der Waals surface area contributed by atoms with Gasteiger partial charge >= 0.3 is 17.9 Å². The number of ether oxygens (including phenoxy) is 3. The van der Waals surface area contributed by atoms with Gasteiger partial charge in [0.1, 0.15) is 5.75 Å². The molecule has 0 bridgehead atoms. The number of ketones is 1. The highest BCUT2D eigenvalue weighted by atomic mass is 16.5. The van der Waals surface area contributed by atoms with Gasteiger partial charge in [-0.2, -0.15) is 0 Å². The van der Waals surface area contributed by atoms with Gasteiger partial charge in [0, 0.05) is 24.1 Å². The first-order valence-corrected chi connectivity index (χ1v) is 15.4. The summed E-state index contributed by atoms with van der Waals surface area (Å²) in [6.45, 7) is 9.45. The molecule has 0 aliphatic heterocycles. The standard InChI is InChI=1S/C38H42O7/c1-4-36(40)43-24-10-6-8-12-29-14-18-31(19-15-29)35(39)27-33-22-23-34(26-28(33)3)45-38(42)32-20-16-30(17-21-32)13-9-7-11-25-44-37(41)5-2/h4-5,14-23,26H,1-2,6-13,24-25,27H2,3H3. The Morgan fingerprint density at radius 2 is 1.16 bits per heavy atom. The second-order valence-electron chi connectivity index (χ2n) is 10.8. The van der Waals surface area contributed by atoms with Crippen LogP contribution in [0, 0.1) is 6.92 Å². The maximum Gasteiger partial charge on any atom is 0.343 e. The van der Waals surface area contributed by atoms with Gasteiger partial charge in [0.15, 0.2) is 5.78 Å². The molecule has 0 spiro atoms. The van der Waals surface area contributed by atoms with Crippen molar-refractivity contribution in [3.63, 3.8) is 0 Å². The molecule has 0 radical (unpaired) electrons. The highest BCUT2D eigenvalue weighted by Gasteiger charge is 2.13. The summed E-state index contributed by atoms with van der Waals surface area (Å²) >= 11 is 0. The second kappa shape index (κ2) is 18.8. The van der Waals surface area contributed by atoms with Crippen molar-refractivity contribution in [2.45, 2.75) is 64.7 Å². The third-order valence-electron chi connectivity index (χ3n) is 7.38. The van der Waals surface area contributed by atoms with Crippen molar-refractivity contribution < 1.29 is 33.4 Å². The van der Waals surface area contributed by atoms with Crippen molar-refractivity contribution >= 4 is 23.7 Å². The van der Waals surface area contributed by atoms with Crippen molar-refractivity contribution in [3.05, 3.63) is 125 Å². The average molecular weight is 611 g/mol. The van der Waals surface area contributed by atoms with Crippen molar-refractivity contribution in [3.8, 4) is 5.75 Å². The van der Waals surface area contributed by atoms with Crippen molar-refractivity contribution in [2.24, 2.45) is 0 Å². The molecule has 0 saturated heterocycles. The van der Waals surface area contributed by atoms with Gasteiger partial charge in [-0.15, -0.1) is 0 Å². The number of benzene rings is 3. The van der Waals surface area contributed by atoms with E-state index in [0.29, 0.717) is 30.1 Å². The molecule has 3 aromatic carbocycles. The number of rotatable bonds is 19. The first-order chi connectivity index (χ1) is 21.8. The summed E-state index contributed by atoms with van der Waals surface area (Å²) in [6.07, 6.45) is 9.75. The summed E-state index contributed by atoms with van der Waals surface area (Å²) in [6, 6.07) is 20.4. The summed E-state index contributed by atoms with van der Waals surface area (Å²) in [5.74, 6) is -0.781. The van der Waals surface area contributed by atoms with E-state index in [0.717, 1.165) is 79.7 Å². The van der Waals surface area contributed by atoms with E-state index in [9.17, 15) is 19.2 Å². The van der Waals surface area contributed by atoms with Crippen LogP contribution in [0.15, 0.2) is 92.0 Å². The van der Waals surface area contributed by atoms with Crippen LogP contribution in [0.25, 0.3) is 0 Å². The lowest BCUT2D eigenvalue weighted by molar-refractivity contribution is -0.138. The van der Waals surface area contributed by atoms with Gasteiger partial charge in [-0.25, -0.2) is 14.4 Å². The normalized spacial score (nSPS) is 10.5. The van der Waals surface area contributed by atoms with E-state index in [1.165, 1.54) is 6.08 Å². The highest BCUT2D eigenvalue weighted by molar-refractivity contribution is 5.97. The van der Waals surface area contributed by atoms with Gasteiger partial charge in [-0.3, -0.25) is 4.79 Å². The third-order valence-corrected chi connectivity index (χ3v) is 7.38. The zero-order chi connectivity index (χ0) is 32.4. The molecule has 0 saturated carbocycles. The number of aryl methyl sites for hydroxylation is 3. The Kier molecular flexibility index (Phi) is 14.5. The molecule has 0 aliphatic carbocycles. The summed E-state index contributed by atoms with van der Waals surface area (Å²) in [7, 11) is 0. The predicted molar refractivity (Wildman–Crippen MR) is 174 cm³/mol. The number of esters is 3. The van der Waals surface area contributed by atoms with Crippen LogP contribution in [0.2, 0.25) is 0 Å². The van der Waals surface area contributed by atoms with E-state index in [2.05, 4.69) is 13.2 Å². The van der Waals surface area contributed by atoms with Crippen LogP contribution >= 0.6 is 0 Å². The summed E-state index contributed by atoms with van der Waals surface area (Å²) in [5.41, 5.74) is 5.15. The molecule has 7 heteroatoms. The molecule has 45 heavy (non-hydrogen) atoms. The molecule has 0 fully saturated rings. The number of carbonyl (C=O) groups excluding carboxylic acids is 4. The molecule has 236 valence electrons. The molecule has 0 N–H and O–H groups in total. The fraction of sp³-hybridized carbons (Fsp3) is 0.316.